The first-order valence-corrected chi connectivity index (χ1v) is 11.6. The predicted octanol–water partition coefficient (Wildman–Crippen LogP) is 5.23. The minimum Gasteiger partial charge on any atom is -0.362 e. The number of aromatic amines is 1. The molecule has 2 heterocycles. The molecule has 5 rings (SSSR count). The van der Waals surface area contributed by atoms with E-state index in [1.165, 1.54) is 32.1 Å². The van der Waals surface area contributed by atoms with Crippen molar-refractivity contribution in [2.45, 2.75) is 57.7 Å². The Morgan fingerprint density at radius 3 is 2.65 bits per heavy atom. The summed E-state index contributed by atoms with van der Waals surface area (Å²) in [6.07, 6.45) is 8.50. The van der Waals surface area contributed by atoms with Crippen molar-refractivity contribution in [3.05, 3.63) is 52.9 Å². The molecule has 6 heteroatoms. The smallest absolute Gasteiger partial charge is 0.326 e. The third kappa shape index (κ3) is 4.09. The highest BCUT2D eigenvalue weighted by Crippen LogP contribution is 2.37. The summed E-state index contributed by atoms with van der Waals surface area (Å²) in [5.41, 5.74) is 4.99. The van der Waals surface area contributed by atoms with Gasteiger partial charge in [0.2, 0.25) is 0 Å². The zero-order chi connectivity index (χ0) is 21.2. The number of fused-ring (bicyclic) bond motifs is 1. The third-order valence-corrected chi connectivity index (χ3v) is 6.89. The molecule has 2 aromatic carbocycles. The maximum absolute atomic E-state index is 12.9. The van der Waals surface area contributed by atoms with E-state index >= 15 is 0 Å². The molecule has 0 spiro atoms. The molecule has 2 fully saturated rings. The number of ether oxygens (including phenoxy) is 1. The number of hydrogen-bond acceptors (Lipinski definition) is 4. The monoisotopic (exact) mass is 420 g/mol. The van der Waals surface area contributed by atoms with Crippen molar-refractivity contribution in [2.24, 2.45) is 5.92 Å². The van der Waals surface area contributed by atoms with Crippen LogP contribution in [0.1, 0.15) is 44.9 Å². The highest BCUT2D eigenvalue weighted by Gasteiger charge is 2.27. The molecule has 1 aromatic heterocycles. The van der Waals surface area contributed by atoms with Crippen LogP contribution in [0.25, 0.3) is 11.0 Å². The van der Waals surface area contributed by atoms with Gasteiger partial charge in [-0.2, -0.15) is 0 Å². The number of hydrogen-bond donors (Lipinski definition) is 2. The number of nitrogens with one attached hydrogen (secondary N) is 2. The van der Waals surface area contributed by atoms with E-state index in [-0.39, 0.29) is 11.9 Å². The highest BCUT2D eigenvalue weighted by atomic mass is 16.5. The van der Waals surface area contributed by atoms with Gasteiger partial charge in [0.25, 0.3) is 0 Å². The molecular weight excluding hydrogens is 388 g/mol. The first-order chi connectivity index (χ1) is 15.2. The van der Waals surface area contributed by atoms with E-state index in [0.29, 0.717) is 5.92 Å². The number of para-hydroxylation sites is 1. The minimum absolute atomic E-state index is 0.00639. The van der Waals surface area contributed by atoms with Crippen LogP contribution in [0, 0.1) is 5.92 Å². The second kappa shape index (κ2) is 8.79. The number of benzene rings is 2. The van der Waals surface area contributed by atoms with Gasteiger partial charge in [-0.1, -0.05) is 37.5 Å². The van der Waals surface area contributed by atoms with Crippen LogP contribution in [0.3, 0.4) is 0 Å². The summed E-state index contributed by atoms with van der Waals surface area (Å²) in [6, 6.07) is 14.4. The summed E-state index contributed by atoms with van der Waals surface area (Å²) in [5.74, 6) is 0.592. The topological polar surface area (TPSA) is 62.3 Å². The van der Waals surface area contributed by atoms with Gasteiger partial charge in [0.05, 0.1) is 22.4 Å². The Labute approximate surface area is 183 Å². The molecule has 3 aromatic rings. The Bertz CT molecular complexity index is 1080. The first-order valence-electron chi connectivity index (χ1n) is 11.6. The molecule has 1 aliphatic carbocycles. The summed E-state index contributed by atoms with van der Waals surface area (Å²) in [4.78, 5) is 18.3. The molecule has 0 radical (unpaired) electrons. The predicted molar refractivity (Wildman–Crippen MR) is 126 cm³/mol. The second-order valence-electron chi connectivity index (χ2n) is 8.95. The number of nitrogens with zero attached hydrogens (tertiary/aromatic N) is 2. The van der Waals surface area contributed by atoms with Gasteiger partial charge >= 0.3 is 5.69 Å². The van der Waals surface area contributed by atoms with Gasteiger partial charge in [-0.15, -0.1) is 0 Å². The summed E-state index contributed by atoms with van der Waals surface area (Å²) in [7, 11) is 1.78. The van der Waals surface area contributed by atoms with Crippen LogP contribution in [0.4, 0.5) is 17.1 Å². The molecule has 6 nitrogen and oxygen atoms in total. The SMILES string of the molecule is CO[C@H]1CCCN1c1cc2c(cc1Nc1ccccc1)[nH]c(=O)n2CC1CCCCC1. The Kier molecular flexibility index (Phi) is 5.72. The fraction of sp³-hybridized carbons (Fsp3) is 0.480. The molecule has 1 saturated carbocycles. The third-order valence-electron chi connectivity index (χ3n) is 6.89. The van der Waals surface area contributed by atoms with Crippen LogP contribution >= 0.6 is 0 Å². The summed E-state index contributed by atoms with van der Waals surface area (Å²) < 4.78 is 7.73. The van der Waals surface area contributed by atoms with Crippen molar-refractivity contribution in [2.75, 3.05) is 23.9 Å². The number of rotatable bonds is 6. The molecule has 2 aliphatic rings. The van der Waals surface area contributed by atoms with Gasteiger partial charge in [-0.05, 0) is 55.9 Å². The summed E-state index contributed by atoms with van der Waals surface area (Å²) in [5, 5.41) is 3.57. The molecule has 1 aliphatic heterocycles. The van der Waals surface area contributed by atoms with Crippen LogP contribution in [0.2, 0.25) is 0 Å². The van der Waals surface area contributed by atoms with Crippen molar-refractivity contribution in [3.63, 3.8) is 0 Å². The van der Waals surface area contributed by atoms with Gasteiger partial charge in [0.15, 0.2) is 0 Å². The van der Waals surface area contributed by atoms with Crippen molar-refractivity contribution < 1.29 is 4.74 Å². The molecule has 0 unspecified atom stereocenters. The van der Waals surface area contributed by atoms with Crippen LogP contribution in [0.5, 0.6) is 0 Å². The molecule has 1 saturated heterocycles. The van der Waals surface area contributed by atoms with Crippen LogP contribution in [-0.4, -0.2) is 29.4 Å². The zero-order valence-corrected chi connectivity index (χ0v) is 18.3. The lowest BCUT2D eigenvalue weighted by molar-refractivity contribution is 0.111. The maximum atomic E-state index is 12.9. The molecule has 164 valence electrons. The van der Waals surface area contributed by atoms with E-state index in [1.807, 2.05) is 22.8 Å². The van der Waals surface area contributed by atoms with E-state index in [2.05, 4.69) is 39.5 Å². The Balaban J connectivity index is 1.58. The van der Waals surface area contributed by atoms with Gasteiger partial charge in [-0.25, -0.2) is 4.79 Å². The molecule has 31 heavy (non-hydrogen) atoms. The van der Waals surface area contributed by atoms with Gasteiger partial charge < -0.3 is 19.9 Å². The standard InChI is InChI=1S/C25H32N4O2/c1-31-24-13-8-14-28(24)22-16-23-21(15-20(22)26-19-11-6-3-7-12-19)27-25(30)29(23)17-18-9-4-2-5-10-18/h3,6-7,11-12,15-16,18,24,26H,2,4-5,8-10,13-14,17H2,1H3,(H,27,30)/t24-/m0/s1. The lowest BCUT2D eigenvalue weighted by atomic mass is 9.89. The molecule has 2 N–H and O–H groups in total. The van der Waals surface area contributed by atoms with E-state index in [9.17, 15) is 4.79 Å². The van der Waals surface area contributed by atoms with Crippen LogP contribution in [0.15, 0.2) is 47.3 Å². The van der Waals surface area contributed by atoms with Gasteiger partial charge in [0, 0.05) is 25.9 Å². The quantitative estimate of drug-likeness (QED) is 0.573. The Hall–Kier alpha value is -2.73. The minimum atomic E-state index is -0.00639. The summed E-state index contributed by atoms with van der Waals surface area (Å²) >= 11 is 0. The fourth-order valence-electron chi connectivity index (χ4n) is 5.27. The maximum Gasteiger partial charge on any atom is 0.326 e. The van der Waals surface area contributed by atoms with E-state index in [1.54, 1.807) is 7.11 Å². The van der Waals surface area contributed by atoms with Gasteiger partial charge in [-0.3, -0.25) is 4.57 Å². The molecular formula is C25H32N4O2. The Morgan fingerprint density at radius 2 is 1.87 bits per heavy atom. The second-order valence-corrected chi connectivity index (χ2v) is 8.95. The van der Waals surface area contributed by atoms with E-state index in [4.69, 9.17) is 4.74 Å². The largest absolute Gasteiger partial charge is 0.362 e. The zero-order valence-electron chi connectivity index (χ0n) is 18.3. The normalized spacial score (nSPS) is 19.9. The van der Waals surface area contributed by atoms with Crippen LogP contribution in [-0.2, 0) is 11.3 Å². The Morgan fingerprint density at radius 1 is 1.06 bits per heavy atom. The van der Waals surface area contributed by atoms with E-state index in [0.717, 1.165) is 54.0 Å². The number of imidazole rings is 1. The fourth-order valence-corrected chi connectivity index (χ4v) is 5.27. The number of H-pyrrole nitrogens is 1. The lowest BCUT2D eigenvalue weighted by Gasteiger charge is -2.28. The lowest BCUT2D eigenvalue weighted by Crippen LogP contribution is -2.31. The number of aromatic nitrogens is 2. The molecule has 1 atom stereocenters. The number of methoxy groups -OCH3 is 1. The van der Waals surface area contributed by atoms with Crippen molar-refractivity contribution in [3.8, 4) is 0 Å². The highest BCUT2D eigenvalue weighted by molar-refractivity contribution is 5.90. The first kappa shape index (κ1) is 20.2. The summed E-state index contributed by atoms with van der Waals surface area (Å²) in [6.45, 7) is 1.75. The van der Waals surface area contributed by atoms with Crippen molar-refractivity contribution >= 4 is 28.1 Å². The van der Waals surface area contributed by atoms with Crippen molar-refractivity contribution in [1.82, 2.24) is 9.55 Å². The van der Waals surface area contributed by atoms with Crippen molar-refractivity contribution in [1.29, 1.82) is 0 Å². The average molecular weight is 421 g/mol. The van der Waals surface area contributed by atoms with Crippen LogP contribution < -0.4 is 15.9 Å². The van der Waals surface area contributed by atoms with E-state index < -0.39 is 0 Å². The van der Waals surface area contributed by atoms with Gasteiger partial charge in [0.1, 0.15) is 6.23 Å². The average Bonchev–Trinajstić information content (AvgIpc) is 3.39. The molecule has 0 bridgehead atoms. The molecule has 0 amide bonds. The number of anilines is 3.